The second kappa shape index (κ2) is 11.2. The van der Waals surface area contributed by atoms with Gasteiger partial charge in [-0.15, -0.1) is 0 Å². The third kappa shape index (κ3) is 5.49. The van der Waals surface area contributed by atoms with Gasteiger partial charge in [0.25, 0.3) is 0 Å². The Morgan fingerprint density at radius 1 is 1.13 bits per heavy atom. The summed E-state index contributed by atoms with van der Waals surface area (Å²) >= 11 is 7.70. The number of benzene rings is 3. The molecule has 0 atom stereocenters. The molecule has 1 aliphatic rings. The van der Waals surface area contributed by atoms with E-state index in [-0.39, 0.29) is 38.4 Å². The third-order valence-corrected chi connectivity index (χ3v) is 10.1. The summed E-state index contributed by atoms with van der Waals surface area (Å²) in [5.74, 6) is -2.15. The standard InChI is InChI=1S/C27H24ClF2N3O4S2/c1-37-22-9-8-20(28)25-24(22)31-27(38-25)33(16-17-5-3-2-4-6-17)26(34)18-11-13-32(14-12-18)39(35,36)23-10-7-19(29)15-21(23)30/h2-10,15,18H,11-14,16H2,1H3. The molecule has 0 radical (unpaired) electrons. The van der Waals surface area contributed by atoms with Gasteiger partial charge >= 0.3 is 0 Å². The highest BCUT2D eigenvalue weighted by Gasteiger charge is 2.36. The van der Waals surface area contributed by atoms with Crippen LogP contribution in [0.25, 0.3) is 10.2 Å². The predicted octanol–water partition coefficient (Wildman–Crippen LogP) is 5.87. The predicted molar refractivity (Wildman–Crippen MR) is 147 cm³/mol. The molecule has 1 aliphatic heterocycles. The number of halogens is 3. The van der Waals surface area contributed by atoms with Gasteiger partial charge in [0.1, 0.15) is 27.8 Å². The van der Waals surface area contributed by atoms with Crippen molar-refractivity contribution in [3.63, 3.8) is 0 Å². The van der Waals surface area contributed by atoms with Crippen molar-refractivity contribution in [1.82, 2.24) is 9.29 Å². The van der Waals surface area contributed by atoms with E-state index in [1.165, 1.54) is 18.4 Å². The molecular formula is C27H24ClF2N3O4S2. The number of thiazole rings is 1. The van der Waals surface area contributed by atoms with E-state index in [9.17, 15) is 22.0 Å². The number of fused-ring (bicyclic) bond motifs is 1. The number of hydrogen-bond acceptors (Lipinski definition) is 6. The first kappa shape index (κ1) is 27.4. The Labute approximate surface area is 233 Å². The van der Waals surface area contributed by atoms with Crippen LogP contribution in [-0.2, 0) is 21.4 Å². The summed E-state index contributed by atoms with van der Waals surface area (Å²) in [5.41, 5.74) is 1.45. The monoisotopic (exact) mass is 591 g/mol. The van der Waals surface area contributed by atoms with Gasteiger partial charge in [0.15, 0.2) is 5.13 Å². The Bertz CT molecular complexity index is 1630. The fraction of sp³-hybridized carbons (Fsp3) is 0.259. The molecule has 1 saturated heterocycles. The lowest BCUT2D eigenvalue weighted by molar-refractivity contribution is -0.123. The molecule has 5 rings (SSSR count). The zero-order valence-electron chi connectivity index (χ0n) is 20.8. The fourth-order valence-electron chi connectivity index (χ4n) is 4.61. The van der Waals surface area contributed by atoms with Crippen LogP contribution in [0.4, 0.5) is 13.9 Å². The van der Waals surface area contributed by atoms with E-state index < -0.39 is 32.5 Å². The number of sulfonamides is 1. The Kier molecular flexibility index (Phi) is 7.86. The molecule has 1 fully saturated rings. The van der Waals surface area contributed by atoms with E-state index in [1.807, 2.05) is 30.3 Å². The highest BCUT2D eigenvalue weighted by Crippen LogP contribution is 2.40. The number of anilines is 1. The van der Waals surface area contributed by atoms with Gasteiger partial charge in [-0.2, -0.15) is 4.31 Å². The summed E-state index contributed by atoms with van der Waals surface area (Å²) < 4.78 is 60.9. The number of rotatable bonds is 7. The largest absolute Gasteiger partial charge is 0.494 e. The number of nitrogens with zero attached hydrogens (tertiary/aromatic N) is 3. The lowest BCUT2D eigenvalue weighted by Gasteiger charge is -2.33. The van der Waals surface area contributed by atoms with Crippen LogP contribution in [0.15, 0.2) is 65.6 Å². The Hall–Kier alpha value is -3.12. The first-order valence-electron chi connectivity index (χ1n) is 12.1. The van der Waals surface area contributed by atoms with Gasteiger partial charge in [0.2, 0.25) is 15.9 Å². The topological polar surface area (TPSA) is 79.8 Å². The normalized spacial score (nSPS) is 15.0. The number of methoxy groups -OCH3 is 1. The third-order valence-electron chi connectivity index (χ3n) is 6.66. The molecule has 0 saturated carbocycles. The van der Waals surface area contributed by atoms with Gasteiger partial charge in [0.05, 0.1) is 23.4 Å². The minimum atomic E-state index is -4.18. The minimum absolute atomic E-state index is 0.0221. The van der Waals surface area contributed by atoms with Crippen molar-refractivity contribution in [2.24, 2.45) is 5.92 Å². The molecule has 0 N–H and O–H groups in total. The van der Waals surface area contributed by atoms with E-state index in [4.69, 9.17) is 21.3 Å². The van der Waals surface area contributed by atoms with Gasteiger partial charge in [-0.3, -0.25) is 9.69 Å². The van der Waals surface area contributed by atoms with Crippen LogP contribution in [0.2, 0.25) is 5.02 Å². The molecular weight excluding hydrogens is 568 g/mol. The number of aromatic nitrogens is 1. The first-order valence-corrected chi connectivity index (χ1v) is 14.8. The van der Waals surface area contributed by atoms with Gasteiger partial charge in [0, 0.05) is 25.1 Å². The van der Waals surface area contributed by atoms with Crippen LogP contribution < -0.4 is 9.64 Å². The highest BCUT2D eigenvalue weighted by atomic mass is 35.5. The fourth-order valence-corrected chi connectivity index (χ4v) is 7.39. The van der Waals surface area contributed by atoms with Crippen LogP contribution in [0, 0.1) is 17.6 Å². The molecule has 0 unspecified atom stereocenters. The van der Waals surface area contributed by atoms with Crippen LogP contribution in [-0.4, -0.2) is 43.8 Å². The number of amides is 1. The molecule has 1 aromatic heterocycles. The van der Waals surface area contributed by atoms with E-state index in [0.29, 0.717) is 32.2 Å². The first-order chi connectivity index (χ1) is 18.7. The smallest absolute Gasteiger partial charge is 0.245 e. The average Bonchev–Trinajstić information content (AvgIpc) is 3.38. The molecule has 3 aromatic carbocycles. The maximum atomic E-state index is 14.2. The molecule has 0 aliphatic carbocycles. The van der Waals surface area contributed by atoms with E-state index in [2.05, 4.69) is 0 Å². The Balaban J connectivity index is 1.41. The van der Waals surface area contributed by atoms with Crippen molar-refractivity contribution in [3.05, 3.63) is 82.9 Å². The van der Waals surface area contributed by atoms with Gasteiger partial charge in [-0.1, -0.05) is 53.3 Å². The Morgan fingerprint density at radius 2 is 1.85 bits per heavy atom. The number of carbonyl (C=O) groups excluding carboxylic acids is 1. The second-order valence-corrected chi connectivity index (χ2v) is 12.4. The van der Waals surface area contributed by atoms with E-state index in [1.54, 1.807) is 17.0 Å². The molecule has 39 heavy (non-hydrogen) atoms. The molecule has 204 valence electrons. The second-order valence-electron chi connectivity index (χ2n) is 9.09. The van der Waals surface area contributed by atoms with Crippen molar-refractivity contribution < 1.29 is 26.7 Å². The molecule has 1 amide bonds. The summed E-state index contributed by atoms with van der Waals surface area (Å²) in [5, 5.41) is 0.946. The molecule has 0 spiro atoms. The summed E-state index contributed by atoms with van der Waals surface area (Å²) in [4.78, 5) is 19.6. The number of piperidine rings is 1. The molecule has 2 heterocycles. The maximum absolute atomic E-state index is 14.2. The van der Waals surface area contributed by atoms with Crippen LogP contribution in [0.5, 0.6) is 5.75 Å². The van der Waals surface area contributed by atoms with Crippen molar-refractivity contribution in [2.45, 2.75) is 24.3 Å². The number of hydrogen-bond donors (Lipinski definition) is 0. The van der Waals surface area contributed by atoms with Crippen molar-refractivity contribution in [3.8, 4) is 5.75 Å². The quantitative estimate of drug-likeness (QED) is 0.269. The zero-order chi connectivity index (χ0) is 27.7. The molecule has 12 heteroatoms. The van der Waals surface area contributed by atoms with Gasteiger partial charge in [-0.05, 0) is 42.7 Å². The SMILES string of the molecule is COc1ccc(Cl)c2sc(N(Cc3ccccc3)C(=O)C3CCN(S(=O)(=O)c4ccc(F)cc4F)CC3)nc12. The highest BCUT2D eigenvalue weighted by molar-refractivity contribution is 7.89. The van der Waals surface area contributed by atoms with Gasteiger partial charge < -0.3 is 4.74 Å². The van der Waals surface area contributed by atoms with Crippen LogP contribution in [0.3, 0.4) is 0 Å². The summed E-state index contributed by atoms with van der Waals surface area (Å²) in [6.45, 7) is 0.307. The van der Waals surface area contributed by atoms with Crippen LogP contribution in [0.1, 0.15) is 18.4 Å². The van der Waals surface area contributed by atoms with Crippen LogP contribution >= 0.6 is 22.9 Å². The average molecular weight is 592 g/mol. The minimum Gasteiger partial charge on any atom is -0.494 e. The summed E-state index contributed by atoms with van der Waals surface area (Å²) in [7, 11) is -2.65. The summed E-state index contributed by atoms with van der Waals surface area (Å²) in [6.07, 6.45) is 0.474. The van der Waals surface area contributed by atoms with Crippen molar-refractivity contribution in [2.75, 3.05) is 25.1 Å². The molecule has 0 bridgehead atoms. The lowest BCUT2D eigenvalue weighted by Crippen LogP contribution is -2.44. The molecule has 7 nitrogen and oxygen atoms in total. The van der Waals surface area contributed by atoms with E-state index >= 15 is 0 Å². The molecule has 4 aromatic rings. The number of ether oxygens (including phenoxy) is 1. The number of carbonyl (C=O) groups is 1. The maximum Gasteiger partial charge on any atom is 0.245 e. The summed E-state index contributed by atoms with van der Waals surface area (Å²) in [6, 6.07) is 15.3. The lowest BCUT2D eigenvalue weighted by atomic mass is 9.96. The van der Waals surface area contributed by atoms with E-state index in [0.717, 1.165) is 22.0 Å². The zero-order valence-corrected chi connectivity index (χ0v) is 23.2. The van der Waals surface area contributed by atoms with Crippen molar-refractivity contribution >= 4 is 54.2 Å². The van der Waals surface area contributed by atoms with Crippen molar-refractivity contribution in [1.29, 1.82) is 0 Å². The Morgan fingerprint density at radius 3 is 2.51 bits per heavy atom. The van der Waals surface area contributed by atoms with Gasteiger partial charge in [-0.25, -0.2) is 22.2 Å².